The van der Waals surface area contributed by atoms with E-state index in [9.17, 15) is 0 Å². The van der Waals surface area contributed by atoms with Crippen LogP contribution in [0.25, 0.3) is 11.4 Å². The smallest absolute Gasteiger partial charge is 0.216 e. The summed E-state index contributed by atoms with van der Waals surface area (Å²) in [5, 5.41) is 11.6. The molecule has 3 aromatic rings. The highest BCUT2D eigenvalue weighted by Crippen LogP contribution is 2.31. The van der Waals surface area contributed by atoms with E-state index in [4.69, 9.17) is 26.4 Å². The van der Waals surface area contributed by atoms with Crippen LogP contribution in [0, 0.1) is 4.77 Å². The monoisotopic (exact) mass is 384 g/mol. The van der Waals surface area contributed by atoms with Crippen LogP contribution in [0.1, 0.15) is 12.5 Å². The highest BCUT2D eigenvalue weighted by atomic mass is 32.1. The molecule has 2 aromatic carbocycles. The van der Waals surface area contributed by atoms with Crippen LogP contribution in [0.2, 0.25) is 0 Å². The number of rotatable bonds is 7. The molecule has 7 nitrogen and oxygen atoms in total. The van der Waals surface area contributed by atoms with E-state index in [1.54, 1.807) is 25.1 Å². The number of nitrogens with zero attached hydrogens (tertiary/aromatic N) is 3. The quantitative estimate of drug-likeness (QED) is 0.494. The molecule has 0 atom stereocenters. The summed E-state index contributed by atoms with van der Waals surface area (Å²) in [5.74, 6) is 2.55. The molecule has 0 aliphatic carbocycles. The van der Waals surface area contributed by atoms with Crippen molar-refractivity contribution in [3.63, 3.8) is 0 Å². The minimum Gasteiger partial charge on any atom is -0.493 e. The molecular formula is C19H20N4O3S. The fourth-order valence-corrected chi connectivity index (χ4v) is 2.73. The molecule has 27 heavy (non-hydrogen) atoms. The number of para-hydroxylation sites is 1. The predicted molar refractivity (Wildman–Crippen MR) is 107 cm³/mol. The summed E-state index contributed by atoms with van der Waals surface area (Å²) in [6.45, 7) is 2.52. The van der Waals surface area contributed by atoms with Crippen LogP contribution in [0.5, 0.6) is 17.2 Å². The van der Waals surface area contributed by atoms with Crippen molar-refractivity contribution < 1.29 is 14.2 Å². The molecule has 0 aliphatic rings. The average molecular weight is 384 g/mol. The number of aromatic nitrogens is 3. The lowest BCUT2D eigenvalue weighted by Gasteiger charge is -2.09. The summed E-state index contributed by atoms with van der Waals surface area (Å²) < 4.78 is 18.2. The van der Waals surface area contributed by atoms with Crippen LogP contribution in [0.3, 0.4) is 0 Å². The van der Waals surface area contributed by atoms with Crippen LogP contribution in [0.4, 0.5) is 0 Å². The maximum atomic E-state index is 5.63. The zero-order valence-corrected chi connectivity index (χ0v) is 16.1. The average Bonchev–Trinajstić information content (AvgIpc) is 3.07. The number of nitrogens with one attached hydrogen (secondary N) is 1. The molecule has 0 aliphatic heterocycles. The standard InChI is InChI=1S/C19H20N4O3S/c1-4-26-15-8-6-5-7-14(15)12-20-23-18(21-22-19(23)27)13-9-10-16(24-2)17(11-13)25-3/h5-12H,4H2,1-3H3,(H,22,27)/b20-12-. The van der Waals surface area contributed by atoms with Crippen molar-refractivity contribution in [2.75, 3.05) is 20.8 Å². The van der Waals surface area contributed by atoms with Crippen molar-refractivity contribution in [3.8, 4) is 28.6 Å². The molecule has 3 rings (SSSR count). The van der Waals surface area contributed by atoms with Gasteiger partial charge in [-0.3, -0.25) is 0 Å². The summed E-state index contributed by atoms with van der Waals surface area (Å²) in [7, 11) is 3.18. The first-order valence-corrected chi connectivity index (χ1v) is 8.74. The Balaban J connectivity index is 2.00. The Morgan fingerprint density at radius 2 is 1.89 bits per heavy atom. The summed E-state index contributed by atoms with van der Waals surface area (Å²) in [5.41, 5.74) is 1.64. The first kappa shape index (κ1) is 18.7. The summed E-state index contributed by atoms with van der Waals surface area (Å²) in [4.78, 5) is 0. The summed E-state index contributed by atoms with van der Waals surface area (Å²) in [6.07, 6.45) is 1.70. The van der Waals surface area contributed by atoms with E-state index < -0.39 is 0 Å². The lowest BCUT2D eigenvalue weighted by Crippen LogP contribution is -1.99. The molecule has 0 saturated carbocycles. The van der Waals surface area contributed by atoms with E-state index in [2.05, 4.69) is 15.3 Å². The molecule has 0 amide bonds. The highest BCUT2D eigenvalue weighted by Gasteiger charge is 2.12. The Bertz CT molecular complexity index is 1010. The molecule has 0 saturated heterocycles. The van der Waals surface area contributed by atoms with Crippen molar-refractivity contribution >= 4 is 18.4 Å². The summed E-state index contributed by atoms with van der Waals surface area (Å²) in [6, 6.07) is 13.2. The molecule has 1 N–H and O–H groups in total. The van der Waals surface area contributed by atoms with Crippen LogP contribution in [0.15, 0.2) is 47.6 Å². The van der Waals surface area contributed by atoms with E-state index in [-0.39, 0.29) is 0 Å². The zero-order valence-electron chi connectivity index (χ0n) is 15.3. The van der Waals surface area contributed by atoms with Gasteiger partial charge in [-0.2, -0.15) is 14.9 Å². The van der Waals surface area contributed by atoms with E-state index >= 15 is 0 Å². The third kappa shape index (κ3) is 4.01. The second kappa shape index (κ2) is 8.50. The van der Waals surface area contributed by atoms with Crippen molar-refractivity contribution in [1.82, 2.24) is 14.9 Å². The highest BCUT2D eigenvalue weighted by molar-refractivity contribution is 7.71. The first-order chi connectivity index (χ1) is 13.2. The third-order valence-electron chi connectivity index (χ3n) is 3.82. The predicted octanol–water partition coefficient (Wildman–Crippen LogP) is 3.91. The van der Waals surface area contributed by atoms with Crippen LogP contribution < -0.4 is 14.2 Å². The molecule has 8 heteroatoms. The largest absolute Gasteiger partial charge is 0.493 e. The number of aromatic amines is 1. The Morgan fingerprint density at radius 3 is 2.63 bits per heavy atom. The molecule has 0 bridgehead atoms. The van der Waals surface area contributed by atoms with Gasteiger partial charge in [0.25, 0.3) is 0 Å². The van der Waals surface area contributed by atoms with E-state index in [1.165, 1.54) is 0 Å². The molecule has 140 valence electrons. The first-order valence-electron chi connectivity index (χ1n) is 8.34. The van der Waals surface area contributed by atoms with Gasteiger partial charge < -0.3 is 14.2 Å². The fraction of sp³-hybridized carbons (Fsp3) is 0.211. The van der Waals surface area contributed by atoms with Gasteiger partial charge in [0.2, 0.25) is 4.77 Å². The van der Waals surface area contributed by atoms with Crippen LogP contribution in [-0.4, -0.2) is 41.9 Å². The zero-order chi connectivity index (χ0) is 19.2. The number of hydrogen-bond donors (Lipinski definition) is 1. The molecule has 0 fully saturated rings. The van der Waals surface area contributed by atoms with Gasteiger partial charge in [0, 0.05) is 11.1 Å². The van der Waals surface area contributed by atoms with Crippen molar-refractivity contribution in [2.24, 2.45) is 5.10 Å². The lowest BCUT2D eigenvalue weighted by molar-refractivity contribution is 0.340. The van der Waals surface area contributed by atoms with Gasteiger partial charge in [-0.1, -0.05) is 12.1 Å². The van der Waals surface area contributed by atoms with Gasteiger partial charge in [-0.25, -0.2) is 5.10 Å². The van der Waals surface area contributed by atoms with Gasteiger partial charge in [-0.05, 0) is 49.5 Å². The van der Waals surface area contributed by atoms with Crippen molar-refractivity contribution in [1.29, 1.82) is 0 Å². The summed E-state index contributed by atoms with van der Waals surface area (Å²) >= 11 is 5.33. The molecule has 1 heterocycles. The van der Waals surface area contributed by atoms with E-state index in [0.29, 0.717) is 28.7 Å². The Hall–Kier alpha value is -3.13. The van der Waals surface area contributed by atoms with Gasteiger partial charge in [0.15, 0.2) is 17.3 Å². The third-order valence-corrected chi connectivity index (χ3v) is 4.09. The second-order valence-electron chi connectivity index (χ2n) is 5.45. The molecule has 1 aromatic heterocycles. The van der Waals surface area contributed by atoms with Crippen molar-refractivity contribution in [3.05, 3.63) is 52.8 Å². The number of benzene rings is 2. The Kier molecular flexibility index (Phi) is 5.87. The van der Waals surface area contributed by atoms with Crippen LogP contribution >= 0.6 is 12.2 Å². The van der Waals surface area contributed by atoms with E-state index in [1.807, 2.05) is 49.4 Å². The minimum atomic E-state index is 0.380. The van der Waals surface area contributed by atoms with Gasteiger partial charge >= 0.3 is 0 Å². The molecule has 0 unspecified atom stereocenters. The maximum absolute atomic E-state index is 5.63. The number of ether oxygens (including phenoxy) is 3. The lowest BCUT2D eigenvalue weighted by atomic mass is 10.2. The van der Waals surface area contributed by atoms with Crippen LogP contribution in [-0.2, 0) is 0 Å². The van der Waals surface area contributed by atoms with E-state index in [0.717, 1.165) is 16.9 Å². The minimum absolute atomic E-state index is 0.380. The second-order valence-corrected chi connectivity index (χ2v) is 5.84. The van der Waals surface area contributed by atoms with Crippen molar-refractivity contribution in [2.45, 2.75) is 6.92 Å². The van der Waals surface area contributed by atoms with Gasteiger partial charge in [0.05, 0.1) is 27.0 Å². The topological polar surface area (TPSA) is 73.7 Å². The van der Waals surface area contributed by atoms with Gasteiger partial charge in [0.1, 0.15) is 5.75 Å². The fourth-order valence-electron chi connectivity index (χ4n) is 2.56. The molecular weight excluding hydrogens is 364 g/mol. The maximum Gasteiger partial charge on any atom is 0.216 e. The number of H-pyrrole nitrogens is 1. The Morgan fingerprint density at radius 1 is 1.11 bits per heavy atom. The molecule has 0 radical (unpaired) electrons. The normalized spacial score (nSPS) is 10.9. The molecule has 0 spiro atoms. The number of methoxy groups -OCH3 is 2. The number of hydrogen-bond acceptors (Lipinski definition) is 6. The SMILES string of the molecule is CCOc1ccccc1/C=N\n1c(-c2ccc(OC)c(OC)c2)n[nH]c1=S. The Labute approximate surface area is 162 Å². The van der Waals surface area contributed by atoms with Gasteiger partial charge in [-0.15, -0.1) is 0 Å².